The van der Waals surface area contributed by atoms with Gasteiger partial charge in [0.25, 0.3) is 0 Å². The van der Waals surface area contributed by atoms with Crippen LogP contribution in [0.25, 0.3) is 0 Å². The van der Waals surface area contributed by atoms with Crippen LogP contribution >= 0.6 is 0 Å². The van der Waals surface area contributed by atoms with Crippen LogP contribution in [-0.4, -0.2) is 72.6 Å². The van der Waals surface area contributed by atoms with E-state index in [0.717, 1.165) is 41.8 Å². The van der Waals surface area contributed by atoms with E-state index in [9.17, 15) is 22.8 Å². The molecule has 1 aliphatic heterocycles. The molecule has 256 valence electrons. The molecule has 2 atom stereocenters. The Kier molecular flexibility index (Phi) is 10.3. The van der Waals surface area contributed by atoms with Crippen LogP contribution in [0.3, 0.4) is 0 Å². The highest BCUT2D eigenvalue weighted by Gasteiger charge is 2.51. The van der Waals surface area contributed by atoms with Crippen molar-refractivity contribution in [3.8, 4) is 0 Å². The SMILES string of the molecule is CC(C)c1cccc(C(C)C)c1NC(=O)N1CCN(CCN(CC2=CCC3CC2C3(C)C)C(=O)Nc2ccc(C(F)(F)F)cc2)CC1. The van der Waals surface area contributed by atoms with Crippen LogP contribution in [0.15, 0.2) is 54.1 Å². The molecule has 0 radical (unpaired) electrons. The third-order valence-electron chi connectivity index (χ3n) is 10.7. The average Bonchev–Trinajstić information content (AvgIpc) is 3.02. The number of allylic oxidation sites excluding steroid dienone is 1. The van der Waals surface area contributed by atoms with E-state index in [-0.39, 0.29) is 29.3 Å². The fourth-order valence-electron chi connectivity index (χ4n) is 7.39. The van der Waals surface area contributed by atoms with Gasteiger partial charge in [-0.1, -0.05) is 71.4 Å². The van der Waals surface area contributed by atoms with E-state index in [2.05, 4.69) is 81.4 Å². The summed E-state index contributed by atoms with van der Waals surface area (Å²) >= 11 is 0. The molecule has 2 bridgehead atoms. The van der Waals surface area contributed by atoms with Crippen molar-refractivity contribution < 1.29 is 22.8 Å². The number of para-hydroxylation sites is 1. The molecule has 4 aliphatic rings. The fraction of sp³-hybridized carbons (Fsp3) is 0.568. The number of urea groups is 2. The maximum atomic E-state index is 13.6. The van der Waals surface area contributed by atoms with E-state index in [1.54, 1.807) is 4.90 Å². The first-order valence-electron chi connectivity index (χ1n) is 17.0. The maximum absolute atomic E-state index is 13.6. The van der Waals surface area contributed by atoms with Crippen molar-refractivity contribution in [2.45, 2.75) is 72.4 Å². The number of hydrogen-bond donors (Lipinski definition) is 2. The number of hydrogen-bond acceptors (Lipinski definition) is 3. The smallest absolute Gasteiger partial charge is 0.322 e. The molecule has 2 aromatic carbocycles. The predicted octanol–water partition coefficient (Wildman–Crippen LogP) is 8.63. The highest BCUT2D eigenvalue weighted by atomic mass is 19.4. The molecule has 2 aromatic rings. The zero-order valence-electron chi connectivity index (χ0n) is 28.6. The summed E-state index contributed by atoms with van der Waals surface area (Å²) in [5.74, 6) is 1.67. The summed E-state index contributed by atoms with van der Waals surface area (Å²) in [7, 11) is 0. The number of fused-ring (bicyclic) bond motifs is 1. The van der Waals surface area contributed by atoms with Gasteiger partial charge in [0.1, 0.15) is 0 Å². The van der Waals surface area contributed by atoms with Crippen molar-refractivity contribution in [2.24, 2.45) is 17.3 Å². The van der Waals surface area contributed by atoms with Crippen LogP contribution < -0.4 is 10.6 Å². The van der Waals surface area contributed by atoms with E-state index in [1.807, 2.05) is 4.90 Å². The van der Waals surface area contributed by atoms with Crippen LogP contribution in [0.4, 0.5) is 34.1 Å². The number of nitrogens with zero attached hydrogens (tertiary/aromatic N) is 3. The van der Waals surface area contributed by atoms with Gasteiger partial charge in [-0.2, -0.15) is 13.2 Å². The van der Waals surface area contributed by atoms with Crippen molar-refractivity contribution in [1.29, 1.82) is 0 Å². The van der Waals surface area contributed by atoms with Crippen LogP contribution in [-0.2, 0) is 6.18 Å². The van der Waals surface area contributed by atoms with Crippen molar-refractivity contribution in [2.75, 3.05) is 56.4 Å². The number of carbonyl (C=O) groups excluding carboxylic acids is 2. The summed E-state index contributed by atoms with van der Waals surface area (Å²) in [5.41, 5.74) is 4.23. The maximum Gasteiger partial charge on any atom is 0.416 e. The Bertz CT molecular complexity index is 1430. The van der Waals surface area contributed by atoms with Crippen molar-refractivity contribution in [3.63, 3.8) is 0 Å². The molecule has 3 aliphatic carbocycles. The molecule has 1 saturated heterocycles. The number of halogens is 3. The molecule has 2 fully saturated rings. The Balaban J connectivity index is 1.20. The number of piperazine rings is 1. The first-order chi connectivity index (χ1) is 22.1. The lowest BCUT2D eigenvalue weighted by molar-refractivity contribution is -0.137. The molecule has 2 unspecified atom stereocenters. The van der Waals surface area contributed by atoms with E-state index in [0.29, 0.717) is 63.3 Å². The molecule has 10 heteroatoms. The summed E-state index contributed by atoms with van der Waals surface area (Å²) in [6, 6.07) is 10.4. The molecule has 6 rings (SSSR count). The lowest BCUT2D eigenvalue weighted by Crippen LogP contribution is -2.53. The number of amides is 4. The molecule has 0 spiro atoms. The van der Waals surface area contributed by atoms with Crippen LogP contribution in [0.2, 0.25) is 0 Å². The van der Waals surface area contributed by atoms with Crippen molar-refractivity contribution in [3.05, 3.63) is 70.8 Å². The summed E-state index contributed by atoms with van der Waals surface area (Å²) in [4.78, 5) is 32.9. The van der Waals surface area contributed by atoms with Gasteiger partial charge in [0.15, 0.2) is 0 Å². The number of carbonyl (C=O) groups is 2. The molecule has 1 saturated carbocycles. The normalized spacial score (nSPS) is 20.9. The van der Waals surface area contributed by atoms with Gasteiger partial charge in [-0.15, -0.1) is 0 Å². The predicted molar refractivity (Wildman–Crippen MR) is 182 cm³/mol. The number of benzene rings is 2. The topological polar surface area (TPSA) is 67.9 Å². The number of alkyl halides is 3. The largest absolute Gasteiger partial charge is 0.416 e. The first kappa shape index (κ1) is 34.8. The molecule has 2 N–H and O–H groups in total. The highest BCUT2D eigenvalue weighted by molar-refractivity contribution is 5.91. The van der Waals surface area contributed by atoms with Crippen molar-refractivity contribution in [1.82, 2.24) is 14.7 Å². The van der Waals surface area contributed by atoms with E-state index >= 15 is 0 Å². The minimum Gasteiger partial charge on any atom is -0.322 e. The summed E-state index contributed by atoms with van der Waals surface area (Å²) in [6.07, 6.45) is -0.00712. The van der Waals surface area contributed by atoms with Gasteiger partial charge < -0.3 is 20.4 Å². The average molecular weight is 654 g/mol. The van der Waals surface area contributed by atoms with Crippen LogP contribution in [0, 0.1) is 17.3 Å². The van der Waals surface area contributed by atoms with E-state index in [1.165, 1.54) is 17.7 Å². The number of rotatable bonds is 9. The van der Waals surface area contributed by atoms with Gasteiger partial charge in [0, 0.05) is 57.2 Å². The lowest BCUT2D eigenvalue weighted by Gasteiger charge is -2.57. The van der Waals surface area contributed by atoms with Crippen LogP contribution in [0.5, 0.6) is 0 Å². The Morgan fingerprint density at radius 1 is 0.936 bits per heavy atom. The summed E-state index contributed by atoms with van der Waals surface area (Å²) in [6.45, 7) is 17.2. The van der Waals surface area contributed by atoms with E-state index in [4.69, 9.17) is 0 Å². The third-order valence-corrected chi connectivity index (χ3v) is 10.7. The number of nitrogens with one attached hydrogen (secondary N) is 2. The highest BCUT2D eigenvalue weighted by Crippen LogP contribution is 2.59. The molecular weight excluding hydrogens is 603 g/mol. The minimum absolute atomic E-state index is 0.0946. The zero-order chi connectivity index (χ0) is 34.1. The van der Waals surface area contributed by atoms with Gasteiger partial charge in [-0.05, 0) is 77.3 Å². The molecule has 1 heterocycles. The second kappa shape index (κ2) is 13.9. The fourth-order valence-corrected chi connectivity index (χ4v) is 7.39. The molecular formula is C37H50F3N5O2. The first-order valence-corrected chi connectivity index (χ1v) is 17.0. The zero-order valence-corrected chi connectivity index (χ0v) is 28.6. The third kappa shape index (κ3) is 7.79. The second-order valence-corrected chi connectivity index (χ2v) is 14.6. The van der Waals surface area contributed by atoms with Gasteiger partial charge in [0.2, 0.25) is 0 Å². The molecule has 7 nitrogen and oxygen atoms in total. The van der Waals surface area contributed by atoms with Gasteiger partial charge in [-0.25, -0.2) is 9.59 Å². The van der Waals surface area contributed by atoms with Gasteiger partial charge >= 0.3 is 18.2 Å². The summed E-state index contributed by atoms with van der Waals surface area (Å²) in [5, 5.41) is 6.05. The van der Waals surface area contributed by atoms with Gasteiger partial charge in [-0.3, -0.25) is 4.90 Å². The summed E-state index contributed by atoms with van der Waals surface area (Å²) < 4.78 is 39.2. The van der Waals surface area contributed by atoms with E-state index < -0.39 is 11.7 Å². The Hall–Kier alpha value is -3.53. The van der Waals surface area contributed by atoms with Crippen LogP contribution in [0.1, 0.15) is 82.9 Å². The molecule has 47 heavy (non-hydrogen) atoms. The quantitative estimate of drug-likeness (QED) is 0.266. The Morgan fingerprint density at radius 2 is 1.55 bits per heavy atom. The standard InChI is InChI=1S/C37H50F3N5O2/c1-24(2)30-8-7-9-31(25(3)4)33(30)42-35(47)44-19-16-43(17-20-44)18-21-45(23-26-10-11-28-22-32(26)36(28,5)6)34(46)41-29-14-12-27(13-15-29)37(38,39)40/h7-10,12-15,24-25,28,32H,11,16-23H2,1-6H3,(H,41,46)(H,42,47). The second-order valence-electron chi connectivity index (χ2n) is 14.6. The number of anilines is 2. The lowest BCUT2D eigenvalue weighted by atomic mass is 9.49. The Morgan fingerprint density at radius 3 is 2.09 bits per heavy atom. The minimum atomic E-state index is -4.43. The van der Waals surface area contributed by atoms with Crippen molar-refractivity contribution >= 4 is 23.4 Å². The van der Waals surface area contributed by atoms with Gasteiger partial charge in [0.05, 0.1) is 5.56 Å². The molecule has 4 amide bonds. The Labute approximate surface area is 277 Å². The molecule has 0 aromatic heterocycles. The monoisotopic (exact) mass is 653 g/mol.